The Kier molecular flexibility index (Phi) is 6.97. The summed E-state index contributed by atoms with van der Waals surface area (Å²) < 4.78 is 0. The number of aromatic nitrogens is 1. The first-order chi connectivity index (χ1) is 12.9. The van der Waals surface area contributed by atoms with Crippen molar-refractivity contribution in [2.24, 2.45) is 0 Å². The maximum Gasteiger partial charge on any atom is 0.251 e. The smallest absolute Gasteiger partial charge is 0.251 e. The number of anilines is 1. The van der Waals surface area contributed by atoms with E-state index in [-0.39, 0.29) is 17.6 Å². The number of nitrogens with zero attached hydrogens (tertiary/aromatic N) is 2. The number of benzene rings is 1. The fourth-order valence-corrected chi connectivity index (χ4v) is 3.36. The van der Waals surface area contributed by atoms with Crippen LogP contribution in [0.1, 0.15) is 39.7 Å². The molecule has 0 aliphatic rings. The van der Waals surface area contributed by atoms with Crippen molar-refractivity contribution in [3.63, 3.8) is 0 Å². The molecule has 0 aliphatic carbocycles. The number of amides is 2. The summed E-state index contributed by atoms with van der Waals surface area (Å²) in [5, 5.41) is 15.5. The van der Waals surface area contributed by atoms with Gasteiger partial charge in [-0.2, -0.15) is 5.26 Å². The number of hydrogen-bond donors (Lipinski definition) is 2. The van der Waals surface area contributed by atoms with Crippen molar-refractivity contribution < 1.29 is 9.59 Å². The molecule has 0 fully saturated rings. The molecule has 0 atom stereocenters. The van der Waals surface area contributed by atoms with Gasteiger partial charge in [-0.15, -0.1) is 0 Å². The highest BCUT2D eigenvalue weighted by Crippen LogP contribution is 2.26. The highest BCUT2D eigenvalue weighted by molar-refractivity contribution is 8.00. The second-order valence-corrected chi connectivity index (χ2v) is 6.98. The Morgan fingerprint density at radius 1 is 1.22 bits per heavy atom. The number of carbonyl (C=O) groups excluding carboxylic acids is 2. The van der Waals surface area contributed by atoms with E-state index in [1.807, 2.05) is 27.7 Å². The van der Waals surface area contributed by atoms with E-state index in [9.17, 15) is 14.9 Å². The molecule has 1 heterocycles. The molecule has 140 valence electrons. The summed E-state index contributed by atoms with van der Waals surface area (Å²) >= 11 is 1.23. The van der Waals surface area contributed by atoms with Crippen molar-refractivity contribution in [3.8, 4) is 6.07 Å². The van der Waals surface area contributed by atoms with E-state index in [1.165, 1.54) is 11.8 Å². The van der Waals surface area contributed by atoms with Crippen LogP contribution in [0.3, 0.4) is 0 Å². The van der Waals surface area contributed by atoms with Gasteiger partial charge in [0.25, 0.3) is 5.91 Å². The molecule has 2 aromatic rings. The molecule has 27 heavy (non-hydrogen) atoms. The van der Waals surface area contributed by atoms with Crippen molar-refractivity contribution in [3.05, 3.63) is 52.2 Å². The Hall–Kier alpha value is -2.85. The highest BCUT2D eigenvalue weighted by Gasteiger charge is 2.14. The summed E-state index contributed by atoms with van der Waals surface area (Å²) in [7, 11) is 0. The molecule has 1 aromatic heterocycles. The van der Waals surface area contributed by atoms with Crippen molar-refractivity contribution in [2.45, 2.75) is 32.7 Å². The standard InChI is InChI=1S/C20H22N4O2S/c1-5-22-19(26)15-7-6-8-16(9-15)24-18(25)11-27-20-17(10-21)13(3)12(2)14(4)23-20/h6-9H,5,11H2,1-4H3,(H,22,26)(H,24,25). The van der Waals surface area contributed by atoms with Gasteiger partial charge in [0.05, 0.1) is 11.3 Å². The first-order valence-electron chi connectivity index (χ1n) is 8.56. The second-order valence-electron chi connectivity index (χ2n) is 6.02. The van der Waals surface area contributed by atoms with Crippen LogP contribution in [-0.4, -0.2) is 29.1 Å². The SMILES string of the molecule is CCNC(=O)c1cccc(NC(=O)CSc2nc(C)c(C)c(C)c2C#N)c1. The van der Waals surface area contributed by atoms with Crippen molar-refractivity contribution in [1.29, 1.82) is 5.26 Å². The Balaban J connectivity index is 2.07. The summed E-state index contributed by atoms with van der Waals surface area (Å²) in [6, 6.07) is 8.94. The van der Waals surface area contributed by atoms with Crippen LogP contribution in [0, 0.1) is 32.1 Å². The number of hydrogen-bond acceptors (Lipinski definition) is 5. The molecule has 0 radical (unpaired) electrons. The first kappa shape index (κ1) is 20.5. The first-order valence-corrected chi connectivity index (χ1v) is 9.54. The third-order valence-corrected chi connectivity index (χ3v) is 5.14. The van der Waals surface area contributed by atoms with Gasteiger partial charge in [-0.05, 0) is 57.0 Å². The van der Waals surface area contributed by atoms with Crippen LogP contribution in [0.5, 0.6) is 0 Å². The zero-order valence-corrected chi connectivity index (χ0v) is 16.7. The van der Waals surface area contributed by atoms with Crippen molar-refractivity contribution in [1.82, 2.24) is 10.3 Å². The van der Waals surface area contributed by atoms with Gasteiger partial charge < -0.3 is 10.6 Å². The molecule has 0 spiro atoms. The number of nitrogens with one attached hydrogen (secondary N) is 2. The molecule has 6 nitrogen and oxygen atoms in total. The average molecular weight is 382 g/mol. The minimum Gasteiger partial charge on any atom is -0.352 e. The van der Waals surface area contributed by atoms with Crippen LogP contribution < -0.4 is 10.6 Å². The lowest BCUT2D eigenvalue weighted by Crippen LogP contribution is -2.23. The fraction of sp³-hybridized carbons (Fsp3) is 0.300. The van der Waals surface area contributed by atoms with E-state index in [0.717, 1.165) is 16.8 Å². The van der Waals surface area contributed by atoms with Crippen LogP contribution >= 0.6 is 11.8 Å². The lowest BCUT2D eigenvalue weighted by Gasteiger charge is -2.11. The van der Waals surface area contributed by atoms with Crippen molar-refractivity contribution in [2.75, 3.05) is 17.6 Å². The van der Waals surface area contributed by atoms with Gasteiger partial charge in [0.2, 0.25) is 5.91 Å². The van der Waals surface area contributed by atoms with Crippen LogP contribution in [-0.2, 0) is 4.79 Å². The maximum atomic E-state index is 12.3. The van der Waals surface area contributed by atoms with Gasteiger partial charge >= 0.3 is 0 Å². The lowest BCUT2D eigenvalue weighted by atomic mass is 10.1. The highest BCUT2D eigenvalue weighted by atomic mass is 32.2. The van der Waals surface area contributed by atoms with Crippen LogP contribution in [0.25, 0.3) is 0 Å². The normalized spacial score (nSPS) is 10.2. The van der Waals surface area contributed by atoms with Gasteiger partial charge in [-0.1, -0.05) is 17.8 Å². The van der Waals surface area contributed by atoms with Gasteiger partial charge in [0, 0.05) is 23.5 Å². The summed E-state index contributed by atoms with van der Waals surface area (Å²) in [5.74, 6) is -0.291. The summed E-state index contributed by atoms with van der Waals surface area (Å²) in [6.45, 7) is 8.09. The van der Waals surface area contributed by atoms with Gasteiger partial charge in [0.1, 0.15) is 11.1 Å². The molecule has 0 bridgehead atoms. The topological polar surface area (TPSA) is 94.9 Å². The van der Waals surface area contributed by atoms with E-state index in [2.05, 4.69) is 21.7 Å². The number of nitriles is 1. The third-order valence-electron chi connectivity index (χ3n) is 4.16. The molecule has 0 aliphatic heterocycles. The molecule has 0 unspecified atom stereocenters. The minimum absolute atomic E-state index is 0.120. The number of pyridine rings is 1. The summed E-state index contributed by atoms with van der Waals surface area (Å²) in [6.07, 6.45) is 0. The van der Waals surface area contributed by atoms with Gasteiger partial charge in [-0.25, -0.2) is 4.98 Å². The largest absolute Gasteiger partial charge is 0.352 e. The fourth-order valence-electron chi connectivity index (χ4n) is 2.48. The Morgan fingerprint density at radius 3 is 2.63 bits per heavy atom. The molecule has 0 saturated heterocycles. The van der Waals surface area contributed by atoms with E-state index >= 15 is 0 Å². The minimum atomic E-state index is -0.227. The zero-order valence-electron chi connectivity index (χ0n) is 15.8. The second kappa shape index (κ2) is 9.19. The van der Waals surface area contributed by atoms with Crippen LogP contribution in [0.4, 0.5) is 5.69 Å². The number of rotatable bonds is 6. The molecule has 7 heteroatoms. The molecular weight excluding hydrogens is 360 g/mol. The molecule has 2 N–H and O–H groups in total. The Bertz CT molecular complexity index is 919. The summed E-state index contributed by atoms with van der Waals surface area (Å²) in [4.78, 5) is 28.6. The molecule has 2 amide bonds. The quantitative estimate of drug-likeness (QED) is 0.747. The van der Waals surface area contributed by atoms with Gasteiger partial charge in [-0.3, -0.25) is 9.59 Å². The maximum absolute atomic E-state index is 12.3. The third kappa shape index (κ3) is 5.08. The molecule has 0 saturated carbocycles. The predicted octanol–water partition coefficient (Wildman–Crippen LogP) is 3.36. The van der Waals surface area contributed by atoms with Crippen LogP contribution in [0.2, 0.25) is 0 Å². The van der Waals surface area contributed by atoms with E-state index < -0.39 is 0 Å². The van der Waals surface area contributed by atoms with E-state index in [0.29, 0.717) is 28.4 Å². The van der Waals surface area contributed by atoms with E-state index in [4.69, 9.17) is 0 Å². The van der Waals surface area contributed by atoms with E-state index in [1.54, 1.807) is 24.3 Å². The molecule has 1 aromatic carbocycles. The average Bonchev–Trinajstić information content (AvgIpc) is 2.65. The Morgan fingerprint density at radius 2 is 1.96 bits per heavy atom. The number of carbonyl (C=O) groups is 2. The lowest BCUT2D eigenvalue weighted by molar-refractivity contribution is -0.113. The summed E-state index contributed by atoms with van der Waals surface area (Å²) in [5.41, 5.74) is 4.28. The number of thioether (sulfide) groups is 1. The number of aryl methyl sites for hydroxylation is 1. The Labute approximate surface area is 163 Å². The molecular formula is C20H22N4O2S. The molecule has 2 rings (SSSR count). The van der Waals surface area contributed by atoms with Crippen molar-refractivity contribution >= 4 is 29.3 Å². The van der Waals surface area contributed by atoms with Crippen LogP contribution in [0.15, 0.2) is 29.3 Å². The predicted molar refractivity (Wildman–Crippen MR) is 107 cm³/mol. The zero-order chi connectivity index (χ0) is 20.0. The monoisotopic (exact) mass is 382 g/mol. The van der Waals surface area contributed by atoms with Gasteiger partial charge in [0.15, 0.2) is 0 Å².